The molecule has 1 atom stereocenters. The van der Waals surface area contributed by atoms with E-state index in [1.165, 1.54) is 30.3 Å². The predicted octanol–water partition coefficient (Wildman–Crippen LogP) is 3.83. The minimum absolute atomic E-state index is 0.0437. The van der Waals surface area contributed by atoms with Crippen LogP contribution >= 0.6 is 0 Å². The lowest BCUT2D eigenvalue weighted by molar-refractivity contribution is -0.114. The van der Waals surface area contributed by atoms with E-state index >= 15 is 0 Å². The Morgan fingerprint density at radius 3 is 2.43 bits per heavy atom. The Hall–Kier alpha value is -3.42. The van der Waals surface area contributed by atoms with Crippen LogP contribution < -0.4 is 4.74 Å². The van der Waals surface area contributed by atoms with Crippen LogP contribution in [0.5, 0.6) is 5.75 Å². The van der Waals surface area contributed by atoms with Crippen molar-refractivity contribution >= 4 is 11.8 Å². The van der Waals surface area contributed by atoms with Gasteiger partial charge in [0.25, 0.3) is 0 Å². The minimum Gasteiger partial charge on any atom is -0.453 e. The van der Waals surface area contributed by atoms with Crippen molar-refractivity contribution in [3.8, 4) is 5.75 Å². The van der Waals surface area contributed by atoms with E-state index in [1.54, 1.807) is 0 Å². The van der Waals surface area contributed by atoms with Gasteiger partial charge in [0.15, 0.2) is 28.8 Å². The molecule has 0 bridgehead atoms. The summed E-state index contributed by atoms with van der Waals surface area (Å²) in [6, 6.07) is 5.91. The largest absolute Gasteiger partial charge is 0.453 e. The van der Waals surface area contributed by atoms with Gasteiger partial charge in [-0.3, -0.25) is 4.79 Å². The standard InChI is InChI=1S/C20H8F4O4/c21-14-13-18(17(24)16(23)15(14)22)27-12-7-8(25)5-6-11(12)20(13)10-4-2-1-3-9(10)19(26)28-20/h1-4,6-7H,5H2. The molecule has 2 aromatic rings. The predicted molar refractivity (Wildman–Crippen MR) is 85.3 cm³/mol. The number of carbonyl (C=O) groups excluding carboxylic acids is 2. The summed E-state index contributed by atoms with van der Waals surface area (Å²) >= 11 is 0. The molecule has 140 valence electrons. The fourth-order valence-corrected chi connectivity index (χ4v) is 3.86. The van der Waals surface area contributed by atoms with Crippen molar-refractivity contribution in [3.63, 3.8) is 0 Å². The molecule has 0 amide bonds. The van der Waals surface area contributed by atoms with E-state index in [0.29, 0.717) is 0 Å². The van der Waals surface area contributed by atoms with Crippen molar-refractivity contribution in [2.75, 3.05) is 0 Å². The van der Waals surface area contributed by atoms with Gasteiger partial charge in [0.1, 0.15) is 5.76 Å². The van der Waals surface area contributed by atoms with E-state index < -0.39 is 51.9 Å². The number of halogens is 4. The Bertz CT molecular complexity index is 1180. The Labute approximate surface area is 154 Å². The van der Waals surface area contributed by atoms with Gasteiger partial charge in [-0.05, 0) is 6.07 Å². The van der Waals surface area contributed by atoms with Crippen LogP contribution in [0.1, 0.15) is 27.9 Å². The van der Waals surface area contributed by atoms with Gasteiger partial charge >= 0.3 is 5.97 Å². The van der Waals surface area contributed by atoms with Gasteiger partial charge in [0, 0.05) is 23.6 Å². The molecule has 0 N–H and O–H groups in total. The summed E-state index contributed by atoms with van der Waals surface area (Å²) in [6.07, 6.45) is 2.24. The number of ketones is 1. The SMILES string of the molecule is O=C1C=C2Oc3c(F)c(F)c(F)c(F)c3C3(OC(=O)c4ccccc43)C2=CC1. The first-order chi connectivity index (χ1) is 13.4. The van der Waals surface area contributed by atoms with E-state index in [0.717, 1.165) is 6.08 Å². The number of ether oxygens (including phenoxy) is 2. The number of rotatable bonds is 0. The van der Waals surface area contributed by atoms with E-state index in [1.807, 2.05) is 0 Å². The van der Waals surface area contributed by atoms with Gasteiger partial charge in [-0.25, -0.2) is 18.0 Å². The van der Waals surface area contributed by atoms with Crippen LogP contribution in [0, 0.1) is 23.3 Å². The van der Waals surface area contributed by atoms with E-state index in [2.05, 4.69) is 0 Å². The molecule has 0 saturated heterocycles. The molecule has 28 heavy (non-hydrogen) atoms. The lowest BCUT2D eigenvalue weighted by Gasteiger charge is -2.39. The highest BCUT2D eigenvalue weighted by Gasteiger charge is 2.58. The van der Waals surface area contributed by atoms with Crippen LogP contribution in [0.15, 0.2) is 47.7 Å². The number of fused-ring (bicyclic) bond motifs is 6. The third-order valence-corrected chi connectivity index (χ3v) is 5.00. The first-order valence-electron chi connectivity index (χ1n) is 8.19. The number of esters is 1. The number of hydrogen-bond acceptors (Lipinski definition) is 4. The summed E-state index contributed by atoms with van der Waals surface area (Å²) in [4.78, 5) is 24.3. The Morgan fingerprint density at radius 2 is 1.64 bits per heavy atom. The van der Waals surface area contributed by atoms with Crippen LogP contribution in [-0.4, -0.2) is 11.8 Å². The number of benzene rings is 2. The third-order valence-electron chi connectivity index (χ3n) is 5.00. The zero-order chi connectivity index (χ0) is 19.8. The maximum atomic E-state index is 14.9. The fourth-order valence-electron chi connectivity index (χ4n) is 3.86. The quantitative estimate of drug-likeness (QED) is 0.298. The van der Waals surface area contributed by atoms with Gasteiger partial charge in [0.2, 0.25) is 11.6 Å². The van der Waals surface area contributed by atoms with Crippen LogP contribution in [-0.2, 0) is 15.1 Å². The molecule has 2 aromatic carbocycles. The maximum Gasteiger partial charge on any atom is 0.340 e. The van der Waals surface area contributed by atoms with Gasteiger partial charge in [-0.15, -0.1) is 0 Å². The second-order valence-electron chi connectivity index (χ2n) is 6.48. The molecule has 0 aromatic heterocycles. The molecule has 5 rings (SSSR count). The molecule has 4 nitrogen and oxygen atoms in total. The minimum atomic E-state index is -2.10. The van der Waals surface area contributed by atoms with Crippen molar-refractivity contribution in [1.29, 1.82) is 0 Å². The molecule has 1 aliphatic carbocycles. The Morgan fingerprint density at radius 1 is 0.929 bits per heavy atom. The van der Waals surface area contributed by atoms with Crippen molar-refractivity contribution in [2.45, 2.75) is 12.0 Å². The normalized spacial score (nSPS) is 22.0. The number of carbonyl (C=O) groups is 2. The Kier molecular flexibility index (Phi) is 3.17. The van der Waals surface area contributed by atoms with E-state index in [9.17, 15) is 27.2 Å². The number of allylic oxidation sites excluding steroid dienone is 2. The third kappa shape index (κ3) is 1.84. The Balaban J connectivity index is 1.97. The van der Waals surface area contributed by atoms with Gasteiger partial charge in [-0.1, -0.05) is 24.3 Å². The van der Waals surface area contributed by atoms with Crippen molar-refractivity contribution in [3.05, 3.63) is 87.7 Å². The zero-order valence-corrected chi connectivity index (χ0v) is 13.8. The molecular formula is C20H8F4O4. The highest BCUT2D eigenvalue weighted by atomic mass is 19.2. The highest BCUT2D eigenvalue weighted by molar-refractivity contribution is 5.99. The molecule has 1 spiro atoms. The molecule has 0 fully saturated rings. The molecule has 1 unspecified atom stereocenters. The smallest absolute Gasteiger partial charge is 0.340 e. The first kappa shape index (κ1) is 16.7. The van der Waals surface area contributed by atoms with Crippen LogP contribution in [0.25, 0.3) is 0 Å². The monoisotopic (exact) mass is 388 g/mol. The van der Waals surface area contributed by atoms with Crippen LogP contribution in [0.2, 0.25) is 0 Å². The molecular weight excluding hydrogens is 380 g/mol. The average molecular weight is 388 g/mol. The first-order valence-corrected chi connectivity index (χ1v) is 8.19. The molecule has 2 heterocycles. The fraction of sp³-hybridized carbons (Fsp3) is 0.100. The molecule has 2 aliphatic heterocycles. The van der Waals surface area contributed by atoms with E-state index in [-0.39, 0.29) is 28.9 Å². The molecule has 0 saturated carbocycles. The summed E-state index contributed by atoms with van der Waals surface area (Å²) in [7, 11) is 0. The van der Waals surface area contributed by atoms with Gasteiger partial charge in [0.05, 0.1) is 11.1 Å². The van der Waals surface area contributed by atoms with Crippen LogP contribution in [0.4, 0.5) is 17.6 Å². The van der Waals surface area contributed by atoms with Gasteiger partial charge in [-0.2, -0.15) is 4.39 Å². The molecule has 3 aliphatic rings. The van der Waals surface area contributed by atoms with Gasteiger partial charge < -0.3 is 9.47 Å². The van der Waals surface area contributed by atoms with Crippen molar-refractivity contribution in [1.82, 2.24) is 0 Å². The summed E-state index contributed by atoms with van der Waals surface area (Å²) in [5, 5.41) is 0. The topological polar surface area (TPSA) is 52.6 Å². The summed E-state index contributed by atoms with van der Waals surface area (Å²) in [5.74, 6) is -10.1. The zero-order valence-electron chi connectivity index (χ0n) is 13.8. The molecule has 0 radical (unpaired) electrons. The highest BCUT2D eigenvalue weighted by Crippen LogP contribution is 2.57. The number of hydrogen-bond donors (Lipinski definition) is 0. The average Bonchev–Trinajstić information content (AvgIpc) is 2.97. The summed E-state index contributed by atoms with van der Waals surface area (Å²) < 4.78 is 68.1. The van der Waals surface area contributed by atoms with E-state index in [4.69, 9.17) is 9.47 Å². The maximum absolute atomic E-state index is 14.9. The molecule has 8 heteroatoms. The second kappa shape index (κ2) is 5.31. The van der Waals surface area contributed by atoms with Crippen LogP contribution in [0.3, 0.4) is 0 Å². The summed E-state index contributed by atoms with van der Waals surface area (Å²) in [5.41, 5.74) is -2.69. The lowest BCUT2D eigenvalue weighted by atomic mass is 9.74. The second-order valence-corrected chi connectivity index (χ2v) is 6.48. The summed E-state index contributed by atoms with van der Waals surface area (Å²) in [6.45, 7) is 0. The lowest BCUT2D eigenvalue weighted by Crippen LogP contribution is -2.39. The van der Waals surface area contributed by atoms with Crippen molar-refractivity contribution in [2.24, 2.45) is 0 Å². The van der Waals surface area contributed by atoms with Crippen molar-refractivity contribution < 1.29 is 36.6 Å².